The third kappa shape index (κ3) is 3.27. The van der Waals surface area contributed by atoms with Gasteiger partial charge >= 0.3 is 0 Å². The molecule has 0 radical (unpaired) electrons. The molecule has 0 saturated carbocycles. The largest absolute Gasteiger partial charge is 0.314 e. The van der Waals surface area contributed by atoms with Gasteiger partial charge in [-0.05, 0) is 30.2 Å². The summed E-state index contributed by atoms with van der Waals surface area (Å²) in [7, 11) is 0. The van der Waals surface area contributed by atoms with Crippen molar-refractivity contribution in [3.05, 3.63) is 46.5 Å². The van der Waals surface area contributed by atoms with Crippen LogP contribution in [0, 0.1) is 0 Å². The van der Waals surface area contributed by atoms with Gasteiger partial charge in [0.05, 0.1) is 0 Å². The van der Waals surface area contributed by atoms with E-state index in [9.17, 15) is 0 Å². The highest BCUT2D eigenvalue weighted by atomic mass is 35.5. The minimum atomic E-state index is 0.274. The molecule has 1 aliphatic rings. The maximum Gasteiger partial charge on any atom is 0.0455 e. The van der Waals surface area contributed by atoms with Crippen molar-refractivity contribution in [3.8, 4) is 0 Å². The van der Waals surface area contributed by atoms with Gasteiger partial charge in [-0.15, -0.1) is 6.58 Å². The first-order chi connectivity index (χ1) is 8.72. The Morgan fingerprint density at radius 1 is 1.33 bits per heavy atom. The molecule has 0 unspecified atom stereocenters. The summed E-state index contributed by atoms with van der Waals surface area (Å²) in [6.45, 7) is 7.95. The van der Waals surface area contributed by atoms with Gasteiger partial charge in [-0.25, -0.2) is 0 Å². The number of rotatable bonds is 4. The molecule has 1 aliphatic heterocycles. The minimum absolute atomic E-state index is 0.274. The van der Waals surface area contributed by atoms with Crippen LogP contribution in [0.1, 0.15) is 18.0 Å². The molecule has 0 spiro atoms. The van der Waals surface area contributed by atoms with Gasteiger partial charge in [-0.1, -0.05) is 29.3 Å². The van der Waals surface area contributed by atoms with E-state index >= 15 is 0 Å². The third-order valence-electron chi connectivity index (χ3n) is 3.30. The van der Waals surface area contributed by atoms with Crippen LogP contribution in [0.15, 0.2) is 30.9 Å². The third-order valence-corrected chi connectivity index (χ3v) is 3.88. The number of benzene rings is 1. The first kappa shape index (κ1) is 13.9. The molecule has 0 amide bonds. The lowest BCUT2D eigenvalue weighted by molar-refractivity contribution is 0.174. The number of nitrogens with one attached hydrogen (secondary N) is 1. The van der Waals surface area contributed by atoms with Crippen LogP contribution < -0.4 is 5.32 Å². The second-order valence-corrected chi connectivity index (χ2v) is 5.34. The normalized spacial score (nSPS) is 18.6. The van der Waals surface area contributed by atoms with E-state index in [-0.39, 0.29) is 6.04 Å². The van der Waals surface area contributed by atoms with E-state index in [1.54, 1.807) is 0 Å². The molecule has 0 aliphatic carbocycles. The van der Waals surface area contributed by atoms with Crippen LogP contribution in [0.25, 0.3) is 0 Å². The van der Waals surface area contributed by atoms with Gasteiger partial charge in [-0.2, -0.15) is 0 Å². The molecule has 2 rings (SSSR count). The molecule has 4 heteroatoms. The van der Waals surface area contributed by atoms with Crippen molar-refractivity contribution in [3.63, 3.8) is 0 Å². The number of halogens is 2. The topological polar surface area (TPSA) is 15.3 Å². The molecule has 0 aromatic heterocycles. The van der Waals surface area contributed by atoms with Crippen molar-refractivity contribution in [1.82, 2.24) is 10.2 Å². The molecule has 1 saturated heterocycles. The number of hydrogen-bond acceptors (Lipinski definition) is 2. The van der Waals surface area contributed by atoms with Crippen molar-refractivity contribution in [2.45, 2.75) is 12.5 Å². The van der Waals surface area contributed by atoms with Gasteiger partial charge in [0, 0.05) is 42.3 Å². The predicted octanol–water partition coefficient (Wildman–Crippen LogP) is 3.52. The molecule has 18 heavy (non-hydrogen) atoms. The van der Waals surface area contributed by atoms with E-state index in [1.165, 1.54) is 0 Å². The highest BCUT2D eigenvalue weighted by Crippen LogP contribution is 2.32. The summed E-state index contributed by atoms with van der Waals surface area (Å²) in [4.78, 5) is 2.44. The van der Waals surface area contributed by atoms with E-state index in [4.69, 9.17) is 23.2 Å². The molecular formula is C14H18Cl2N2. The second kappa shape index (κ2) is 6.58. The van der Waals surface area contributed by atoms with Gasteiger partial charge in [0.2, 0.25) is 0 Å². The first-order valence-corrected chi connectivity index (χ1v) is 6.98. The zero-order chi connectivity index (χ0) is 13.0. The predicted molar refractivity (Wildman–Crippen MR) is 78.5 cm³/mol. The van der Waals surface area contributed by atoms with Crippen LogP contribution in [-0.4, -0.2) is 31.1 Å². The lowest BCUT2D eigenvalue weighted by Crippen LogP contribution is -2.45. The SMILES string of the molecule is C=CC[C@@H](c1cc(Cl)ccc1Cl)N1CCNCC1. The summed E-state index contributed by atoms with van der Waals surface area (Å²) in [6, 6.07) is 5.95. The molecule has 2 nitrogen and oxygen atoms in total. The quantitative estimate of drug-likeness (QED) is 0.852. The van der Waals surface area contributed by atoms with Gasteiger partial charge in [0.15, 0.2) is 0 Å². The molecule has 0 bridgehead atoms. The molecule has 1 aromatic rings. The van der Waals surface area contributed by atoms with E-state index in [0.717, 1.165) is 48.2 Å². The Labute approximate surface area is 119 Å². The molecule has 1 N–H and O–H groups in total. The fourth-order valence-electron chi connectivity index (χ4n) is 2.39. The van der Waals surface area contributed by atoms with E-state index < -0.39 is 0 Å². The van der Waals surface area contributed by atoms with Gasteiger partial charge < -0.3 is 5.32 Å². The lowest BCUT2D eigenvalue weighted by atomic mass is 10.0. The Kier molecular flexibility index (Phi) is 5.07. The fraction of sp³-hybridized carbons (Fsp3) is 0.429. The maximum absolute atomic E-state index is 6.31. The molecule has 1 fully saturated rings. The van der Waals surface area contributed by atoms with Crippen molar-refractivity contribution in [2.75, 3.05) is 26.2 Å². The molecule has 1 atom stereocenters. The zero-order valence-corrected chi connectivity index (χ0v) is 11.8. The van der Waals surface area contributed by atoms with Gasteiger partial charge in [0.25, 0.3) is 0 Å². The van der Waals surface area contributed by atoms with Crippen molar-refractivity contribution < 1.29 is 0 Å². The molecule has 98 valence electrons. The minimum Gasteiger partial charge on any atom is -0.314 e. The fourth-order valence-corrected chi connectivity index (χ4v) is 2.82. The van der Waals surface area contributed by atoms with Crippen LogP contribution >= 0.6 is 23.2 Å². The Bertz CT molecular complexity index is 414. The summed E-state index contributed by atoms with van der Waals surface area (Å²) >= 11 is 12.4. The number of hydrogen-bond donors (Lipinski definition) is 1. The highest BCUT2D eigenvalue weighted by Gasteiger charge is 2.23. The highest BCUT2D eigenvalue weighted by molar-refractivity contribution is 6.33. The monoisotopic (exact) mass is 284 g/mol. The zero-order valence-electron chi connectivity index (χ0n) is 10.3. The Hall–Kier alpha value is -0.540. The Balaban J connectivity index is 2.27. The average molecular weight is 285 g/mol. The van der Waals surface area contributed by atoms with E-state index in [1.807, 2.05) is 24.3 Å². The summed E-state index contributed by atoms with van der Waals surface area (Å²) < 4.78 is 0. The van der Waals surface area contributed by atoms with E-state index in [0.29, 0.717) is 0 Å². The van der Waals surface area contributed by atoms with Crippen molar-refractivity contribution >= 4 is 23.2 Å². The summed E-state index contributed by atoms with van der Waals surface area (Å²) in [5.74, 6) is 0. The van der Waals surface area contributed by atoms with Crippen LogP contribution in [-0.2, 0) is 0 Å². The summed E-state index contributed by atoms with van der Waals surface area (Å²) in [5, 5.41) is 4.88. The molecule has 1 aromatic carbocycles. The van der Waals surface area contributed by atoms with Crippen LogP contribution in [0.3, 0.4) is 0 Å². The summed E-state index contributed by atoms with van der Waals surface area (Å²) in [6.07, 6.45) is 2.84. The second-order valence-electron chi connectivity index (χ2n) is 4.49. The van der Waals surface area contributed by atoms with Crippen LogP contribution in [0.5, 0.6) is 0 Å². The number of nitrogens with zero attached hydrogens (tertiary/aromatic N) is 1. The smallest absolute Gasteiger partial charge is 0.0455 e. The molecular weight excluding hydrogens is 267 g/mol. The van der Waals surface area contributed by atoms with Crippen LogP contribution in [0.2, 0.25) is 10.0 Å². The lowest BCUT2D eigenvalue weighted by Gasteiger charge is -2.35. The standard InChI is InChI=1S/C14H18Cl2N2/c1-2-3-14(18-8-6-17-7-9-18)12-10-11(15)4-5-13(12)16/h2,4-5,10,14,17H,1,3,6-9H2/t14-/m0/s1. The van der Waals surface area contributed by atoms with Gasteiger partial charge in [0.1, 0.15) is 0 Å². The van der Waals surface area contributed by atoms with Gasteiger partial charge in [-0.3, -0.25) is 4.90 Å². The van der Waals surface area contributed by atoms with E-state index in [2.05, 4.69) is 16.8 Å². The van der Waals surface area contributed by atoms with Crippen molar-refractivity contribution in [1.29, 1.82) is 0 Å². The maximum atomic E-state index is 6.31. The molecule has 1 heterocycles. The van der Waals surface area contributed by atoms with Crippen molar-refractivity contribution in [2.24, 2.45) is 0 Å². The Morgan fingerprint density at radius 3 is 2.72 bits per heavy atom. The Morgan fingerprint density at radius 2 is 2.06 bits per heavy atom. The first-order valence-electron chi connectivity index (χ1n) is 6.23. The average Bonchev–Trinajstić information content (AvgIpc) is 2.40. The number of piperazine rings is 1. The van der Waals surface area contributed by atoms with Crippen LogP contribution in [0.4, 0.5) is 0 Å². The summed E-state index contributed by atoms with van der Waals surface area (Å²) in [5.41, 5.74) is 1.10.